The maximum absolute atomic E-state index is 13.4. The number of hydrogen-bond acceptors (Lipinski definition) is 7. The molecule has 32 heavy (non-hydrogen) atoms. The minimum atomic E-state index is -0.226. The number of nitriles is 1. The summed E-state index contributed by atoms with van der Waals surface area (Å²) in [7, 11) is 0. The molecule has 1 fully saturated rings. The second-order valence-corrected chi connectivity index (χ2v) is 9.26. The topological polar surface area (TPSA) is 88.4 Å². The first-order valence-corrected chi connectivity index (χ1v) is 11.2. The third-order valence-corrected chi connectivity index (χ3v) is 5.33. The normalized spacial score (nSPS) is 14.8. The highest BCUT2D eigenvalue weighted by Gasteiger charge is 2.23. The summed E-state index contributed by atoms with van der Waals surface area (Å²) in [6, 6.07) is 11.3. The Morgan fingerprint density at radius 1 is 1.16 bits per heavy atom. The third-order valence-electron chi connectivity index (χ3n) is 5.33. The third kappa shape index (κ3) is 6.25. The Balaban J connectivity index is 1.76. The molecular weight excluding hydrogens is 402 g/mol. The molecule has 1 saturated heterocycles. The number of anilines is 2. The van der Waals surface area contributed by atoms with Crippen LogP contribution in [0.15, 0.2) is 36.5 Å². The van der Waals surface area contributed by atoms with Gasteiger partial charge in [-0.05, 0) is 42.6 Å². The van der Waals surface area contributed by atoms with E-state index in [2.05, 4.69) is 52.9 Å². The maximum atomic E-state index is 13.4. The lowest BCUT2D eigenvalue weighted by molar-refractivity contribution is 0.0969. The summed E-state index contributed by atoms with van der Waals surface area (Å²) in [6.07, 6.45) is 2.67. The van der Waals surface area contributed by atoms with Gasteiger partial charge in [0.1, 0.15) is 6.07 Å². The lowest BCUT2D eigenvalue weighted by Crippen LogP contribution is -2.47. The molecule has 2 heterocycles. The zero-order valence-electron chi connectivity index (χ0n) is 19.5. The van der Waals surface area contributed by atoms with E-state index in [1.54, 1.807) is 6.07 Å². The largest absolute Gasteiger partial charge is 0.369 e. The summed E-state index contributed by atoms with van der Waals surface area (Å²) in [5.74, 6) is 0.147. The van der Waals surface area contributed by atoms with E-state index in [1.807, 2.05) is 30.3 Å². The highest BCUT2D eigenvalue weighted by Crippen LogP contribution is 2.20. The molecule has 0 saturated carbocycles. The Labute approximate surface area is 190 Å². The van der Waals surface area contributed by atoms with Crippen LogP contribution in [0.4, 0.5) is 11.5 Å². The monoisotopic (exact) mass is 435 g/mol. The van der Waals surface area contributed by atoms with Crippen LogP contribution in [0.5, 0.6) is 0 Å². The molecule has 1 aromatic carbocycles. The van der Waals surface area contributed by atoms with Crippen LogP contribution in [0.2, 0.25) is 0 Å². The molecule has 1 aliphatic heterocycles. The van der Waals surface area contributed by atoms with Crippen LogP contribution in [-0.4, -0.2) is 60.0 Å². The van der Waals surface area contributed by atoms with Crippen LogP contribution in [0.25, 0.3) is 0 Å². The SMILES string of the molecule is CCCN1CCN(c2ccc(C(=O)N(NCC(C)(C)C)c3ccnc(C#N)n3)cc2)CC1. The summed E-state index contributed by atoms with van der Waals surface area (Å²) in [5.41, 5.74) is 4.82. The minimum absolute atomic E-state index is 0.0235. The van der Waals surface area contributed by atoms with Crippen molar-refractivity contribution in [2.75, 3.05) is 49.2 Å². The van der Waals surface area contributed by atoms with E-state index in [-0.39, 0.29) is 17.1 Å². The Kier molecular flexibility index (Phi) is 7.78. The average molecular weight is 436 g/mol. The number of nitrogens with zero attached hydrogens (tertiary/aromatic N) is 6. The Bertz CT molecular complexity index is 938. The summed E-state index contributed by atoms with van der Waals surface area (Å²) < 4.78 is 0. The lowest BCUT2D eigenvalue weighted by atomic mass is 9.97. The van der Waals surface area contributed by atoms with Gasteiger partial charge in [0.2, 0.25) is 5.82 Å². The fourth-order valence-corrected chi connectivity index (χ4v) is 3.59. The second kappa shape index (κ2) is 10.5. The summed E-state index contributed by atoms with van der Waals surface area (Å²) in [6.45, 7) is 14.3. The Morgan fingerprint density at radius 3 is 2.44 bits per heavy atom. The lowest BCUT2D eigenvalue weighted by Gasteiger charge is -2.36. The second-order valence-electron chi connectivity index (χ2n) is 9.26. The predicted octanol–water partition coefficient (Wildman–Crippen LogP) is 3.08. The van der Waals surface area contributed by atoms with Gasteiger partial charge in [0.15, 0.2) is 5.82 Å². The van der Waals surface area contributed by atoms with Crippen molar-refractivity contribution in [3.05, 3.63) is 47.9 Å². The van der Waals surface area contributed by atoms with E-state index in [0.717, 1.165) is 38.4 Å². The maximum Gasteiger partial charge on any atom is 0.274 e. The number of rotatable bonds is 7. The molecule has 0 atom stereocenters. The number of carbonyl (C=O) groups is 1. The van der Waals surface area contributed by atoms with Gasteiger partial charge in [-0.15, -0.1) is 0 Å². The number of piperazine rings is 1. The van der Waals surface area contributed by atoms with Gasteiger partial charge in [-0.25, -0.2) is 15.4 Å². The molecule has 1 aromatic heterocycles. The molecule has 1 aliphatic rings. The first-order valence-electron chi connectivity index (χ1n) is 11.2. The summed E-state index contributed by atoms with van der Waals surface area (Å²) in [5, 5.41) is 10.6. The summed E-state index contributed by atoms with van der Waals surface area (Å²) >= 11 is 0. The molecule has 0 bridgehead atoms. The van der Waals surface area contributed by atoms with Gasteiger partial charge in [0.05, 0.1) is 0 Å². The number of carbonyl (C=O) groups excluding carboxylic acids is 1. The van der Waals surface area contributed by atoms with Gasteiger partial charge >= 0.3 is 0 Å². The van der Waals surface area contributed by atoms with Crippen LogP contribution in [0.3, 0.4) is 0 Å². The predicted molar refractivity (Wildman–Crippen MR) is 126 cm³/mol. The van der Waals surface area contributed by atoms with E-state index in [4.69, 9.17) is 5.26 Å². The number of amides is 1. The highest BCUT2D eigenvalue weighted by molar-refractivity contribution is 6.05. The molecular formula is C24H33N7O. The van der Waals surface area contributed by atoms with Gasteiger partial charge in [0, 0.05) is 56.2 Å². The van der Waals surface area contributed by atoms with Crippen molar-refractivity contribution in [2.24, 2.45) is 5.41 Å². The fraction of sp³-hybridized carbons (Fsp3) is 0.500. The zero-order chi connectivity index (χ0) is 23.1. The summed E-state index contributed by atoms with van der Waals surface area (Å²) in [4.78, 5) is 26.3. The Hall–Kier alpha value is -3.02. The number of aromatic nitrogens is 2. The minimum Gasteiger partial charge on any atom is -0.369 e. The number of benzene rings is 1. The van der Waals surface area contributed by atoms with Gasteiger partial charge < -0.3 is 4.90 Å². The van der Waals surface area contributed by atoms with Crippen molar-refractivity contribution in [3.63, 3.8) is 0 Å². The van der Waals surface area contributed by atoms with Crippen molar-refractivity contribution in [1.82, 2.24) is 20.3 Å². The van der Waals surface area contributed by atoms with Crippen LogP contribution in [-0.2, 0) is 0 Å². The standard InChI is InChI=1S/C24H33N7O/c1-5-12-29-13-15-30(16-14-29)20-8-6-19(7-9-20)23(32)31(27-18-24(2,3)4)22-10-11-26-21(17-25)28-22/h6-11,27H,5,12-16,18H2,1-4H3. The molecule has 0 radical (unpaired) electrons. The number of nitrogens with one attached hydrogen (secondary N) is 1. The average Bonchev–Trinajstić information content (AvgIpc) is 2.79. The van der Waals surface area contributed by atoms with Crippen molar-refractivity contribution >= 4 is 17.4 Å². The van der Waals surface area contributed by atoms with E-state index < -0.39 is 0 Å². The van der Waals surface area contributed by atoms with Crippen LogP contribution >= 0.6 is 0 Å². The van der Waals surface area contributed by atoms with Gasteiger partial charge in [-0.2, -0.15) is 10.2 Å². The van der Waals surface area contributed by atoms with Gasteiger partial charge in [0.25, 0.3) is 5.91 Å². The van der Waals surface area contributed by atoms with Crippen LogP contribution in [0, 0.1) is 16.7 Å². The van der Waals surface area contributed by atoms with E-state index in [1.165, 1.54) is 17.6 Å². The molecule has 0 spiro atoms. The van der Waals surface area contributed by atoms with Crippen molar-refractivity contribution in [2.45, 2.75) is 34.1 Å². The van der Waals surface area contributed by atoms with Crippen molar-refractivity contribution in [3.8, 4) is 6.07 Å². The number of hydrogen-bond donors (Lipinski definition) is 1. The van der Waals surface area contributed by atoms with Crippen molar-refractivity contribution < 1.29 is 4.79 Å². The zero-order valence-corrected chi connectivity index (χ0v) is 19.5. The molecule has 0 unspecified atom stereocenters. The van der Waals surface area contributed by atoms with E-state index in [9.17, 15) is 4.79 Å². The molecule has 1 N–H and O–H groups in total. The van der Waals surface area contributed by atoms with Crippen molar-refractivity contribution in [1.29, 1.82) is 5.26 Å². The van der Waals surface area contributed by atoms with E-state index >= 15 is 0 Å². The van der Waals surface area contributed by atoms with Crippen LogP contribution < -0.4 is 15.3 Å². The fourth-order valence-electron chi connectivity index (χ4n) is 3.59. The molecule has 0 aliphatic carbocycles. The van der Waals surface area contributed by atoms with Gasteiger partial charge in [-0.3, -0.25) is 9.69 Å². The quantitative estimate of drug-likeness (QED) is 0.669. The van der Waals surface area contributed by atoms with E-state index in [0.29, 0.717) is 17.9 Å². The molecule has 170 valence electrons. The smallest absolute Gasteiger partial charge is 0.274 e. The molecule has 3 rings (SSSR count). The molecule has 2 aromatic rings. The Morgan fingerprint density at radius 2 is 1.84 bits per heavy atom. The number of hydrazine groups is 1. The first-order chi connectivity index (χ1) is 15.3. The van der Waals surface area contributed by atoms with Crippen LogP contribution in [0.1, 0.15) is 50.3 Å². The molecule has 1 amide bonds. The highest BCUT2D eigenvalue weighted by atomic mass is 16.2. The van der Waals surface area contributed by atoms with Gasteiger partial charge in [-0.1, -0.05) is 27.7 Å². The first kappa shape index (κ1) is 23.6. The molecule has 8 nitrogen and oxygen atoms in total. The molecule has 8 heteroatoms.